The van der Waals surface area contributed by atoms with Crippen LogP contribution >= 0.6 is 11.3 Å². The molecule has 6 atom stereocenters. The van der Waals surface area contributed by atoms with Gasteiger partial charge in [-0.05, 0) is 87.1 Å². The van der Waals surface area contributed by atoms with Gasteiger partial charge in [-0.25, -0.2) is 4.98 Å². The first-order valence-electron chi connectivity index (χ1n) is 23.0. The number of hydrogen-bond acceptors (Lipinski definition) is 15. The lowest BCUT2D eigenvalue weighted by Crippen LogP contribution is -2.63. The number of para-hydroxylation sites is 1. The molecule has 0 spiro atoms. The summed E-state index contributed by atoms with van der Waals surface area (Å²) >= 11 is 1.59. The van der Waals surface area contributed by atoms with Crippen molar-refractivity contribution in [1.82, 2.24) is 40.4 Å². The number of carbonyl (C=O) groups excluding carboxylic acids is 2. The average Bonchev–Trinajstić information content (AvgIpc) is 4.06. The number of nitrogens with zero attached hydrogens (tertiary/aromatic N) is 8. The molecule has 3 fully saturated rings. The van der Waals surface area contributed by atoms with Crippen LogP contribution in [-0.4, -0.2) is 140 Å². The van der Waals surface area contributed by atoms with Crippen molar-refractivity contribution in [2.45, 2.75) is 96.1 Å². The number of piperazine rings is 1. The molecule has 4 N–H and O–H groups in total. The summed E-state index contributed by atoms with van der Waals surface area (Å²) in [5.74, 6) is 0.213. The number of hydrogen-bond donors (Lipinski definition) is 4. The lowest BCUT2D eigenvalue weighted by Gasteiger charge is -2.51. The van der Waals surface area contributed by atoms with Crippen LogP contribution in [0.1, 0.15) is 75.9 Å². The molecule has 16 nitrogen and oxygen atoms in total. The molecule has 4 aliphatic heterocycles. The quantitative estimate of drug-likeness (QED) is 0.113. The molecule has 4 aliphatic rings. The largest absolute Gasteiger partial charge is 0.507 e. The molecule has 0 bridgehead atoms. The Morgan fingerprint density at radius 1 is 1.02 bits per heavy atom. The van der Waals surface area contributed by atoms with Crippen molar-refractivity contribution < 1.29 is 29.1 Å². The molecule has 0 aliphatic carbocycles. The summed E-state index contributed by atoms with van der Waals surface area (Å²) < 4.78 is 11.8. The number of ether oxygens (including phenoxy) is 1. The van der Waals surface area contributed by atoms with E-state index in [-0.39, 0.29) is 54.6 Å². The Bertz CT molecular complexity index is 2450. The summed E-state index contributed by atoms with van der Waals surface area (Å²) in [4.78, 5) is 42.5. The molecule has 65 heavy (non-hydrogen) atoms. The highest BCUT2D eigenvalue weighted by molar-refractivity contribution is 7.13. The number of β-amino-alcohol motifs (C(OH)–C–C–N with tert-alkyl or cyclic N) is 1. The lowest BCUT2D eigenvalue weighted by atomic mass is 9.91. The number of aliphatic hydroxyl groups excluding tert-OH is 1. The van der Waals surface area contributed by atoms with Gasteiger partial charge in [-0.1, -0.05) is 50.2 Å². The van der Waals surface area contributed by atoms with E-state index in [9.17, 15) is 19.8 Å². The van der Waals surface area contributed by atoms with E-state index in [1.165, 1.54) is 4.90 Å². The summed E-state index contributed by atoms with van der Waals surface area (Å²) in [7, 11) is 0. The number of aryl methyl sites for hydroxylation is 1. The highest BCUT2D eigenvalue weighted by Gasteiger charge is 2.44. The predicted octanol–water partition coefficient (Wildman–Crippen LogP) is 5.70. The van der Waals surface area contributed by atoms with E-state index in [0.717, 1.165) is 85.3 Å². The van der Waals surface area contributed by atoms with E-state index in [4.69, 9.17) is 9.26 Å². The molecule has 2 aromatic carbocycles. The monoisotopic (exact) mass is 904 g/mol. The molecule has 3 aromatic heterocycles. The number of likely N-dealkylation sites (tertiary alicyclic amines) is 2. The Kier molecular flexibility index (Phi) is 13.1. The second kappa shape index (κ2) is 19.1. The zero-order chi connectivity index (χ0) is 45.4. The Balaban J connectivity index is 0.748. The Hall–Kier alpha value is -5.62. The molecule has 5 aromatic rings. The van der Waals surface area contributed by atoms with Gasteiger partial charge in [-0.3, -0.25) is 19.4 Å². The number of aliphatic hydroxyl groups is 1. The van der Waals surface area contributed by atoms with E-state index in [2.05, 4.69) is 52.6 Å². The molecular formula is C48H60N10O6S. The van der Waals surface area contributed by atoms with Gasteiger partial charge >= 0.3 is 0 Å². The maximum Gasteiger partial charge on any atom is 0.254 e. The van der Waals surface area contributed by atoms with E-state index < -0.39 is 18.1 Å². The van der Waals surface area contributed by atoms with Crippen molar-refractivity contribution in [3.8, 4) is 33.3 Å². The van der Waals surface area contributed by atoms with Crippen LogP contribution in [0.4, 0.5) is 11.5 Å². The van der Waals surface area contributed by atoms with Crippen molar-refractivity contribution in [2.75, 3.05) is 62.6 Å². The Morgan fingerprint density at radius 2 is 1.80 bits per heavy atom. The zero-order valence-corrected chi connectivity index (χ0v) is 38.6. The van der Waals surface area contributed by atoms with E-state index in [1.807, 2.05) is 81.7 Å². The third-order valence-corrected chi connectivity index (χ3v) is 14.8. The van der Waals surface area contributed by atoms with Crippen LogP contribution in [-0.2, 0) is 9.59 Å². The smallest absolute Gasteiger partial charge is 0.254 e. The lowest BCUT2D eigenvalue weighted by molar-refractivity contribution is -0.141. The first kappa shape index (κ1) is 44.6. The van der Waals surface area contributed by atoms with Crippen LogP contribution in [0.3, 0.4) is 0 Å². The van der Waals surface area contributed by atoms with Gasteiger partial charge in [0.05, 0.1) is 45.7 Å². The van der Waals surface area contributed by atoms with Gasteiger partial charge in [0.2, 0.25) is 11.8 Å². The molecule has 344 valence electrons. The fraction of sp³-hybridized carbons (Fsp3) is 0.500. The predicted molar refractivity (Wildman–Crippen MR) is 249 cm³/mol. The van der Waals surface area contributed by atoms with Crippen LogP contribution in [0, 0.1) is 12.8 Å². The maximum absolute atomic E-state index is 14.2. The number of aromatic nitrogens is 4. The van der Waals surface area contributed by atoms with E-state index >= 15 is 0 Å². The number of thiazole rings is 1. The topological polar surface area (TPSA) is 186 Å². The van der Waals surface area contributed by atoms with Crippen molar-refractivity contribution >= 4 is 34.7 Å². The highest BCUT2D eigenvalue weighted by Crippen LogP contribution is 2.39. The average molecular weight is 905 g/mol. The molecule has 9 rings (SSSR count). The van der Waals surface area contributed by atoms with Gasteiger partial charge in [0, 0.05) is 62.9 Å². The number of carbonyl (C=O) groups is 2. The summed E-state index contributed by atoms with van der Waals surface area (Å²) in [6, 6.07) is 18.9. The van der Waals surface area contributed by atoms with Crippen LogP contribution in [0.2, 0.25) is 0 Å². The first-order chi connectivity index (χ1) is 31.4. The number of nitrogens with one attached hydrogen (secondary N) is 2. The summed E-state index contributed by atoms with van der Waals surface area (Å²) in [5.41, 5.74) is 7.20. The van der Waals surface area contributed by atoms with Crippen molar-refractivity contribution in [3.63, 3.8) is 0 Å². The van der Waals surface area contributed by atoms with Crippen LogP contribution in [0.25, 0.3) is 21.7 Å². The first-order valence-corrected chi connectivity index (χ1v) is 23.8. The number of benzene rings is 2. The SMILES string of the molecule is Cc1ncsc1-c1ccc([C@H](C)NC(=O)[C@@H]2C[C@@H](O)CN2C(=O)[C@@H](c2cc(OCCN3CCC(N4CCN5c6cc(-c7ccccc7O)nnc6N[C@H](C)[C@H]5C4)CC3)no2)C(C)C)cc1. The van der Waals surface area contributed by atoms with Gasteiger partial charge in [0.25, 0.3) is 5.88 Å². The van der Waals surface area contributed by atoms with Crippen LogP contribution in [0.15, 0.2) is 70.7 Å². The number of amides is 2. The van der Waals surface area contributed by atoms with Crippen LogP contribution in [0.5, 0.6) is 11.6 Å². The van der Waals surface area contributed by atoms with Crippen LogP contribution < -0.4 is 20.3 Å². The number of anilines is 2. The minimum atomic E-state index is -0.820. The number of fused-ring (bicyclic) bond motifs is 3. The molecule has 0 radical (unpaired) electrons. The van der Waals surface area contributed by atoms with Crippen molar-refractivity contribution in [3.05, 3.63) is 83.2 Å². The summed E-state index contributed by atoms with van der Waals surface area (Å²) in [6.45, 7) is 16.0. The number of aromatic hydroxyl groups is 1. The summed E-state index contributed by atoms with van der Waals surface area (Å²) in [6.07, 6.45) is 1.49. The highest BCUT2D eigenvalue weighted by atomic mass is 32.1. The molecule has 0 unspecified atom stereocenters. The second-order valence-electron chi connectivity index (χ2n) is 18.4. The summed E-state index contributed by atoms with van der Waals surface area (Å²) in [5, 5.41) is 41.0. The van der Waals surface area contributed by atoms with Crippen molar-refractivity contribution in [2.24, 2.45) is 5.92 Å². The number of piperidine rings is 1. The zero-order valence-electron chi connectivity index (χ0n) is 37.8. The molecule has 0 saturated carbocycles. The second-order valence-corrected chi connectivity index (χ2v) is 19.2. The minimum Gasteiger partial charge on any atom is -0.507 e. The normalized spacial score (nSPS) is 22.6. The van der Waals surface area contributed by atoms with E-state index in [1.54, 1.807) is 23.5 Å². The number of phenolic OH excluding ortho intramolecular Hbond substituents is 1. The third kappa shape index (κ3) is 9.42. The van der Waals surface area contributed by atoms with Gasteiger partial charge in [-0.15, -0.1) is 21.5 Å². The van der Waals surface area contributed by atoms with Gasteiger partial charge in [0.1, 0.15) is 24.3 Å². The molecule has 7 heterocycles. The van der Waals surface area contributed by atoms with Gasteiger partial charge < -0.3 is 39.9 Å². The molecular weight excluding hydrogens is 845 g/mol. The minimum absolute atomic E-state index is 0.0611. The van der Waals surface area contributed by atoms with E-state index in [0.29, 0.717) is 35.5 Å². The number of rotatable bonds is 13. The fourth-order valence-electron chi connectivity index (χ4n) is 10.1. The van der Waals surface area contributed by atoms with Gasteiger partial charge in [-0.2, -0.15) is 0 Å². The Morgan fingerprint density at radius 3 is 2.54 bits per heavy atom. The van der Waals surface area contributed by atoms with Gasteiger partial charge in [0.15, 0.2) is 11.6 Å². The Labute approximate surface area is 384 Å². The standard InChI is InChI=1S/C48H60N10O6S/c1-28(2)44(48(62)58-25-35(59)22-39(58)47(61)51-29(3)32-10-12-33(13-11-32)45-31(5)49-27-65-45)42-24-43(54-64-42)63-21-20-55-16-14-34(15-17-55)56-18-19-57-38-23-37(36-8-6-7-9-41(36)60)52-53-46(38)50-30(4)40(57)26-56/h6-13,23-24,27-30,34-35,39-40,44,59-60H,14-22,25-26H2,1-5H3,(H,50,53)(H,51,61)/t29-,30+,35+,39-,40+,44+/m0/s1. The number of phenols is 1. The van der Waals surface area contributed by atoms with Crippen molar-refractivity contribution in [1.29, 1.82) is 0 Å². The molecule has 3 saturated heterocycles. The maximum atomic E-state index is 14.2. The fourth-order valence-corrected chi connectivity index (χ4v) is 10.9. The molecule has 17 heteroatoms. The third-order valence-electron chi connectivity index (χ3n) is 13.8. The molecule has 2 amide bonds.